The van der Waals surface area contributed by atoms with Crippen molar-refractivity contribution >= 4 is 11.9 Å². The van der Waals surface area contributed by atoms with Crippen LogP contribution in [0.2, 0.25) is 0 Å². The van der Waals surface area contributed by atoms with Gasteiger partial charge in [0.2, 0.25) is 0 Å². The first-order chi connectivity index (χ1) is 20.1. The molecule has 0 bridgehead atoms. The van der Waals surface area contributed by atoms with Gasteiger partial charge in [-0.15, -0.1) is 0 Å². The van der Waals surface area contributed by atoms with Gasteiger partial charge < -0.3 is 9.84 Å². The van der Waals surface area contributed by atoms with E-state index in [1.807, 2.05) is 0 Å². The van der Waals surface area contributed by atoms with Crippen molar-refractivity contribution in [3.63, 3.8) is 0 Å². The zero-order valence-electron chi connectivity index (χ0n) is 27.6. The first-order valence-corrected chi connectivity index (χ1v) is 18.2. The second kappa shape index (κ2) is 33.2. The monoisotopic (exact) mass is 579 g/mol. The van der Waals surface area contributed by atoms with Gasteiger partial charge in [-0.05, 0) is 44.9 Å². The molecule has 0 aliphatic heterocycles. The highest BCUT2D eigenvalue weighted by Gasteiger charge is 2.21. The Balaban J connectivity index is 3.52. The van der Waals surface area contributed by atoms with Gasteiger partial charge in [0.15, 0.2) is 6.10 Å². The number of carboxylic acids is 1. The molecule has 0 amide bonds. The lowest BCUT2D eigenvalue weighted by atomic mass is 10.0. The summed E-state index contributed by atoms with van der Waals surface area (Å²) in [5.74, 6) is -1.35. The Hall–Kier alpha value is -1.32. The third-order valence-electron chi connectivity index (χ3n) is 8.26. The molecule has 0 aromatic heterocycles. The number of carbonyl (C=O) groups is 2. The van der Waals surface area contributed by atoms with E-state index < -0.39 is 12.1 Å². The molecular weight excluding hydrogens is 508 g/mol. The number of carbonyl (C=O) groups excluding carboxylic acids is 1. The van der Waals surface area contributed by atoms with Gasteiger partial charge in [0.25, 0.3) is 0 Å². The minimum absolute atomic E-state index is 0.342. The topological polar surface area (TPSA) is 63.6 Å². The molecule has 41 heavy (non-hydrogen) atoms. The van der Waals surface area contributed by atoms with Crippen molar-refractivity contribution in [3.8, 4) is 0 Å². The van der Waals surface area contributed by atoms with Crippen LogP contribution in [0.4, 0.5) is 0 Å². The second-order valence-electron chi connectivity index (χ2n) is 12.4. The SMILES string of the molecule is CCCCCCCC/C=C\CCCCCCCCCCCC(=O)OC(CCCCCCCCCCCCC)C(=O)O. The molecule has 1 N–H and O–H groups in total. The summed E-state index contributed by atoms with van der Waals surface area (Å²) in [7, 11) is 0. The molecule has 0 aliphatic carbocycles. The Bertz CT molecular complexity index is 585. The highest BCUT2D eigenvalue weighted by molar-refractivity contribution is 5.77. The molecule has 1 atom stereocenters. The Morgan fingerprint density at radius 2 is 0.854 bits per heavy atom. The summed E-state index contributed by atoms with van der Waals surface area (Å²) in [4.78, 5) is 23.7. The summed E-state index contributed by atoms with van der Waals surface area (Å²) in [6.07, 6.45) is 39.6. The van der Waals surface area contributed by atoms with Crippen LogP contribution >= 0.6 is 0 Å². The number of aliphatic carboxylic acids is 1. The Morgan fingerprint density at radius 1 is 0.512 bits per heavy atom. The summed E-state index contributed by atoms with van der Waals surface area (Å²) in [5, 5.41) is 9.44. The van der Waals surface area contributed by atoms with Gasteiger partial charge in [-0.1, -0.05) is 167 Å². The predicted molar refractivity (Wildman–Crippen MR) is 177 cm³/mol. The molecule has 0 heterocycles. The smallest absolute Gasteiger partial charge is 0.345 e. The number of rotatable bonds is 33. The normalized spacial score (nSPS) is 12.2. The molecule has 0 rings (SSSR count). The standard InChI is InChI=1S/C37H70O4/c1-3-5-7-9-11-13-15-16-17-18-19-20-21-22-24-26-28-30-32-34-36(38)41-35(37(39)40)33-31-29-27-25-23-14-12-10-8-6-4-2/h16-17,35H,3-15,18-34H2,1-2H3,(H,39,40)/b17-16-. The molecule has 242 valence electrons. The molecule has 0 aromatic carbocycles. The molecule has 4 heteroatoms. The van der Waals surface area contributed by atoms with Crippen molar-refractivity contribution in [2.75, 3.05) is 0 Å². The molecular formula is C37H70O4. The molecule has 4 nitrogen and oxygen atoms in total. The summed E-state index contributed by atoms with van der Waals surface area (Å²) >= 11 is 0. The van der Waals surface area contributed by atoms with E-state index in [1.54, 1.807) is 0 Å². The van der Waals surface area contributed by atoms with Crippen LogP contribution in [0.1, 0.15) is 206 Å². The van der Waals surface area contributed by atoms with Gasteiger partial charge in [0.05, 0.1) is 0 Å². The van der Waals surface area contributed by atoms with Crippen LogP contribution in [0.15, 0.2) is 12.2 Å². The van der Waals surface area contributed by atoms with Crippen molar-refractivity contribution in [2.45, 2.75) is 213 Å². The van der Waals surface area contributed by atoms with Crippen LogP contribution in [-0.2, 0) is 14.3 Å². The number of carboxylic acid groups (broad SMARTS) is 1. The van der Waals surface area contributed by atoms with Crippen LogP contribution in [0, 0.1) is 0 Å². The van der Waals surface area contributed by atoms with Gasteiger partial charge >= 0.3 is 11.9 Å². The lowest BCUT2D eigenvalue weighted by Crippen LogP contribution is -2.27. The highest BCUT2D eigenvalue weighted by Crippen LogP contribution is 2.16. The average Bonchev–Trinajstić information content (AvgIpc) is 2.96. The van der Waals surface area contributed by atoms with Crippen molar-refractivity contribution < 1.29 is 19.4 Å². The van der Waals surface area contributed by atoms with E-state index in [1.165, 1.54) is 141 Å². The molecule has 1 unspecified atom stereocenters. The maximum Gasteiger partial charge on any atom is 0.345 e. The summed E-state index contributed by atoms with van der Waals surface area (Å²) in [6, 6.07) is 0. The average molecular weight is 579 g/mol. The Labute approximate surface area is 255 Å². The fraction of sp³-hybridized carbons (Fsp3) is 0.892. The maximum atomic E-state index is 12.2. The third kappa shape index (κ3) is 31.4. The number of hydrogen-bond acceptors (Lipinski definition) is 3. The maximum absolute atomic E-state index is 12.2. The minimum atomic E-state index is -1.00. The van der Waals surface area contributed by atoms with E-state index in [9.17, 15) is 14.7 Å². The van der Waals surface area contributed by atoms with Gasteiger partial charge in [0.1, 0.15) is 0 Å². The van der Waals surface area contributed by atoms with E-state index in [4.69, 9.17) is 4.74 Å². The molecule has 0 aromatic rings. The number of unbranched alkanes of at least 4 members (excludes halogenated alkanes) is 25. The zero-order valence-corrected chi connectivity index (χ0v) is 27.6. The number of esters is 1. The Morgan fingerprint density at radius 3 is 1.24 bits per heavy atom. The quantitative estimate of drug-likeness (QED) is 0.0478. The lowest BCUT2D eigenvalue weighted by molar-refractivity contribution is -0.164. The van der Waals surface area contributed by atoms with E-state index in [0.717, 1.165) is 38.5 Å². The van der Waals surface area contributed by atoms with Crippen LogP contribution in [-0.4, -0.2) is 23.1 Å². The fourth-order valence-electron chi connectivity index (χ4n) is 5.49. The van der Waals surface area contributed by atoms with Crippen LogP contribution in [0.5, 0.6) is 0 Å². The number of allylic oxidation sites excluding steroid dienone is 2. The molecule has 0 fully saturated rings. The third-order valence-corrected chi connectivity index (χ3v) is 8.26. The first-order valence-electron chi connectivity index (χ1n) is 18.2. The highest BCUT2D eigenvalue weighted by atomic mass is 16.6. The van der Waals surface area contributed by atoms with Gasteiger partial charge in [-0.3, -0.25) is 4.79 Å². The number of ether oxygens (including phenoxy) is 1. The van der Waals surface area contributed by atoms with E-state index in [0.29, 0.717) is 12.8 Å². The second-order valence-corrected chi connectivity index (χ2v) is 12.4. The largest absolute Gasteiger partial charge is 0.479 e. The predicted octanol–water partition coefficient (Wildman–Crippen LogP) is 12.3. The summed E-state index contributed by atoms with van der Waals surface area (Å²) in [5.41, 5.74) is 0. The van der Waals surface area contributed by atoms with Gasteiger partial charge in [-0.25, -0.2) is 4.79 Å². The van der Waals surface area contributed by atoms with Crippen molar-refractivity contribution in [1.29, 1.82) is 0 Å². The molecule has 0 saturated carbocycles. The van der Waals surface area contributed by atoms with Gasteiger partial charge in [-0.2, -0.15) is 0 Å². The van der Waals surface area contributed by atoms with Crippen LogP contribution < -0.4 is 0 Å². The van der Waals surface area contributed by atoms with Gasteiger partial charge in [0, 0.05) is 6.42 Å². The van der Waals surface area contributed by atoms with Crippen LogP contribution in [0.25, 0.3) is 0 Å². The van der Waals surface area contributed by atoms with Crippen molar-refractivity contribution in [1.82, 2.24) is 0 Å². The molecule has 0 radical (unpaired) electrons. The lowest BCUT2D eigenvalue weighted by Gasteiger charge is -2.13. The molecule has 0 aliphatic rings. The number of hydrogen-bond donors (Lipinski definition) is 1. The minimum Gasteiger partial charge on any atom is -0.479 e. The van der Waals surface area contributed by atoms with Crippen molar-refractivity contribution in [2.24, 2.45) is 0 Å². The fourth-order valence-corrected chi connectivity index (χ4v) is 5.49. The van der Waals surface area contributed by atoms with Crippen molar-refractivity contribution in [3.05, 3.63) is 12.2 Å². The first kappa shape index (κ1) is 39.7. The zero-order chi connectivity index (χ0) is 30.1. The summed E-state index contributed by atoms with van der Waals surface area (Å²) < 4.78 is 5.30. The Kier molecular flexibility index (Phi) is 32.1. The van der Waals surface area contributed by atoms with E-state index in [-0.39, 0.29) is 5.97 Å². The molecule has 0 saturated heterocycles. The summed E-state index contributed by atoms with van der Waals surface area (Å²) in [6.45, 7) is 4.52. The van der Waals surface area contributed by atoms with E-state index >= 15 is 0 Å². The van der Waals surface area contributed by atoms with Crippen LogP contribution in [0.3, 0.4) is 0 Å². The molecule has 0 spiro atoms. The van der Waals surface area contributed by atoms with E-state index in [2.05, 4.69) is 26.0 Å².